The molecule has 27 heavy (non-hydrogen) atoms. The highest BCUT2D eigenvalue weighted by atomic mass is 35.5. The predicted octanol–water partition coefficient (Wildman–Crippen LogP) is 3.72. The lowest BCUT2D eigenvalue weighted by molar-refractivity contribution is 0.0734. The molecule has 0 aliphatic rings. The van der Waals surface area contributed by atoms with Gasteiger partial charge in [-0.2, -0.15) is 5.10 Å². The quantitative estimate of drug-likeness (QED) is 0.317. The van der Waals surface area contributed by atoms with Gasteiger partial charge in [-0.05, 0) is 60.2 Å². The SMILES string of the molecule is O=C(NN=Cc1ccc(OC(=O)c2cccc(Cl)c2)cc1)c1ccncc1. The molecule has 0 atom stereocenters. The maximum atomic E-state index is 12.1. The van der Waals surface area contributed by atoms with Crippen molar-refractivity contribution in [1.29, 1.82) is 0 Å². The summed E-state index contributed by atoms with van der Waals surface area (Å²) < 4.78 is 5.29. The summed E-state index contributed by atoms with van der Waals surface area (Å²) in [5.74, 6) is -0.442. The van der Waals surface area contributed by atoms with E-state index in [1.807, 2.05) is 0 Å². The highest BCUT2D eigenvalue weighted by Gasteiger charge is 2.08. The van der Waals surface area contributed by atoms with Crippen LogP contribution in [0.5, 0.6) is 5.75 Å². The number of pyridine rings is 1. The molecule has 0 fully saturated rings. The first-order chi connectivity index (χ1) is 13.1. The molecule has 1 N–H and O–H groups in total. The lowest BCUT2D eigenvalue weighted by Crippen LogP contribution is -2.17. The monoisotopic (exact) mass is 379 g/mol. The maximum absolute atomic E-state index is 12.1. The number of aromatic nitrogens is 1. The number of nitrogens with one attached hydrogen (secondary N) is 1. The van der Waals surface area contributed by atoms with Crippen LogP contribution in [0.1, 0.15) is 26.3 Å². The predicted molar refractivity (Wildman–Crippen MR) is 102 cm³/mol. The zero-order chi connectivity index (χ0) is 19.1. The first-order valence-electron chi connectivity index (χ1n) is 7.93. The van der Waals surface area contributed by atoms with Gasteiger partial charge in [0.2, 0.25) is 0 Å². The fourth-order valence-corrected chi connectivity index (χ4v) is 2.33. The van der Waals surface area contributed by atoms with Crippen molar-refractivity contribution >= 4 is 29.7 Å². The van der Waals surface area contributed by atoms with E-state index in [0.29, 0.717) is 21.9 Å². The summed E-state index contributed by atoms with van der Waals surface area (Å²) in [6.07, 6.45) is 4.55. The Morgan fingerprint density at radius 1 is 1.00 bits per heavy atom. The van der Waals surface area contributed by atoms with Crippen molar-refractivity contribution < 1.29 is 14.3 Å². The van der Waals surface area contributed by atoms with E-state index in [0.717, 1.165) is 5.56 Å². The van der Waals surface area contributed by atoms with Crippen LogP contribution in [-0.4, -0.2) is 23.1 Å². The number of hydrazone groups is 1. The van der Waals surface area contributed by atoms with Gasteiger partial charge in [-0.15, -0.1) is 0 Å². The van der Waals surface area contributed by atoms with Gasteiger partial charge in [0, 0.05) is 23.0 Å². The number of benzene rings is 2. The maximum Gasteiger partial charge on any atom is 0.343 e. The molecule has 0 aliphatic heterocycles. The van der Waals surface area contributed by atoms with Crippen LogP contribution in [0.2, 0.25) is 5.02 Å². The molecule has 0 aliphatic carbocycles. The molecular formula is C20H14ClN3O3. The number of ether oxygens (including phenoxy) is 1. The largest absolute Gasteiger partial charge is 0.423 e. The molecule has 3 rings (SSSR count). The normalized spacial score (nSPS) is 10.6. The van der Waals surface area contributed by atoms with Crippen LogP contribution >= 0.6 is 11.6 Å². The van der Waals surface area contributed by atoms with Gasteiger partial charge in [-0.1, -0.05) is 17.7 Å². The minimum Gasteiger partial charge on any atom is -0.423 e. The summed E-state index contributed by atoms with van der Waals surface area (Å²) in [5.41, 5.74) is 3.99. The minimum atomic E-state index is -0.497. The van der Waals surface area contributed by atoms with E-state index in [4.69, 9.17) is 16.3 Å². The van der Waals surface area contributed by atoms with E-state index in [2.05, 4.69) is 15.5 Å². The van der Waals surface area contributed by atoms with Crippen LogP contribution in [-0.2, 0) is 0 Å². The average Bonchev–Trinajstić information content (AvgIpc) is 2.70. The summed E-state index contributed by atoms with van der Waals surface area (Å²) in [5, 5.41) is 4.36. The second-order valence-electron chi connectivity index (χ2n) is 5.40. The summed E-state index contributed by atoms with van der Waals surface area (Å²) in [4.78, 5) is 27.8. The fourth-order valence-electron chi connectivity index (χ4n) is 2.14. The van der Waals surface area contributed by atoms with Crippen LogP contribution in [0.4, 0.5) is 0 Å². The third-order valence-electron chi connectivity index (χ3n) is 3.47. The zero-order valence-corrected chi connectivity index (χ0v) is 14.8. The number of esters is 1. The number of rotatable bonds is 5. The van der Waals surface area contributed by atoms with Crippen LogP contribution < -0.4 is 10.2 Å². The Kier molecular flexibility index (Phi) is 5.91. The molecule has 0 spiro atoms. The minimum absolute atomic E-state index is 0.333. The topological polar surface area (TPSA) is 80.6 Å². The third-order valence-corrected chi connectivity index (χ3v) is 3.71. The lowest BCUT2D eigenvalue weighted by atomic mass is 10.2. The Hall–Kier alpha value is -3.51. The summed E-state index contributed by atoms with van der Waals surface area (Å²) in [6.45, 7) is 0. The fraction of sp³-hybridized carbons (Fsp3) is 0. The molecular weight excluding hydrogens is 366 g/mol. The van der Waals surface area contributed by atoms with Crippen molar-refractivity contribution in [2.45, 2.75) is 0 Å². The summed E-state index contributed by atoms with van der Waals surface area (Å²) in [7, 11) is 0. The average molecular weight is 380 g/mol. The number of hydrogen-bond acceptors (Lipinski definition) is 5. The number of carbonyl (C=O) groups excluding carboxylic acids is 2. The Morgan fingerprint density at radius 3 is 2.44 bits per heavy atom. The molecule has 0 bridgehead atoms. The van der Waals surface area contributed by atoms with Gasteiger partial charge in [0.1, 0.15) is 5.75 Å². The number of hydrogen-bond donors (Lipinski definition) is 1. The molecule has 3 aromatic rings. The van der Waals surface area contributed by atoms with Gasteiger partial charge in [0.15, 0.2) is 0 Å². The van der Waals surface area contributed by atoms with Gasteiger partial charge < -0.3 is 4.74 Å². The first-order valence-corrected chi connectivity index (χ1v) is 8.31. The van der Waals surface area contributed by atoms with E-state index in [-0.39, 0.29) is 5.91 Å². The van der Waals surface area contributed by atoms with Gasteiger partial charge in [0.25, 0.3) is 5.91 Å². The van der Waals surface area contributed by atoms with Gasteiger partial charge in [-0.25, -0.2) is 10.2 Å². The smallest absolute Gasteiger partial charge is 0.343 e. The molecule has 1 heterocycles. The van der Waals surface area contributed by atoms with Crippen LogP contribution in [0.25, 0.3) is 0 Å². The molecule has 1 amide bonds. The van der Waals surface area contributed by atoms with Crippen LogP contribution in [0.3, 0.4) is 0 Å². The molecule has 134 valence electrons. The lowest BCUT2D eigenvalue weighted by Gasteiger charge is -2.05. The summed E-state index contributed by atoms with van der Waals surface area (Å²) in [6, 6.07) is 16.4. The van der Waals surface area contributed by atoms with E-state index in [1.54, 1.807) is 54.6 Å². The molecule has 7 heteroatoms. The number of nitrogens with zero attached hydrogens (tertiary/aromatic N) is 2. The highest BCUT2D eigenvalue weighted by molar-refractivity contribution is 6.30. The van der Waals surface area contributed by atoms with Crippen molar-refractivity contribution in [3.63, 3.8) is 0 Å². The van der Waals surface area contributed by atoms with Crippen LogP contribution in [0.15, 0.2) is 78.2 Å². The Balaban J connectivity index is 1.57. The molecule has 1 aromatic heterocycles. The van der Waals surface area contributed by atoms with E-state index in [1.165, 1.54) is 24.7 Å². The van der Waals surface area contributed by atoms with Gasteiger partial charge in [-0.3, -0.25) is 9.78 Å². The summed E-state index contributed by atoms with van der Waals surface area (Å²) >= 11 is 5.87. The third kappa shape index (κ3) is 5.23. The number of halogens is 1. The molecule has 0 unspecified atom stereocenters. The van der Waals surface area contributed by atoms with Gasteiger partial charge >= 0.3 is 5.97 Å². The Bertz CT molecular complexity index is 973. The van der Waals surface area contributed by atoms with Crippen molar-refractivity contribution in [3.8, 4) is 5.75 Å². The molecule has 0 radical (unpaired) electrons. The molecule has 0 saturated heterocycles. The van der Waals surface area contributed by atoms with E-state index >= 15 is 0 Å². The van der Waals surface area contributed by atoms with Crippen molar-refractivity contribution in [3.05, 3.63) is 94.8 Å². The van der Waals surface area contributed by atoms with Crippen molar-refractivity contribution in [2.24, 2.45) is 5.10 Å². The van der Waals surface area contributed by atoms with Crippen LogP contribution in [0, 0.1) is 0 Å². The number of carbonyl (C=O) groups is 2. The van der Waals surface area contributed by atoms with Crippen molar-refractivity contribution in [2.75, 3.05) is 0 Å². The Morgan fingerprint density at radius 2 is 1.74 bits per heavy atom. The second kappa shape index (κ2) is 8.73. The standard InChI is InChI=1S/C20H14ClN3O3/c21-17-3-1-2-16(12-17)20(26)27-18-6-4-14(5-7-18)13-23-24-19(25)15-8-10-22-11-9-15/h1-13H,(H,24,25). The molecule has 2 aromatic carbocycles. The molecule has 0 saturated carbocycles. The van der Waals surface area contributed by atoms with E-state index < -0.39 is 5.97 Å². The second-order valence-corrected chi connectivity index (χ2v) is 5.84. The van der Waals surface area contributed by atoms with E-state index in [9.17, 15) is 9.59 Å². The van der Waals surface area contributed by atoms with Crippen molar-refractivity contribution in [1.82, 2.24) is 10.4 Å². The Labute approximate surface area is 160 Å². The zero-order valence-electron chi connectivity index (χ0n) is 14.0. The highest BCUT2D eigenvalue weighted by Crippen LogP contribution is 2.16. The molecule has 6 nitrogen and oxygen atoms in total. The first kappa shape index (κ1) is 18.3. The number of amides is 1. The van der Waals surface area contributed by atoms with Gasteiger partial charge in [0.05, 0.1) is 11.8 Å².